The third-order valence-electron chi connectivity index (χ3n) is 0. The Balaban J connectivity index is 0. The van der Waals surface area contributed by atoms with Crippen LogP contribution in [0.2, 0.25) is 0 Å². The van der Waals surface area contributed by atoms with Crippen LogP contribution in [0.3, 0.4) is 0 Å². The Morgan fingerprint density at radius 3 is 0.500 bits per heavy atom. The summed E-state index contributed by atoms with van der Waals surface area (Å²) >= 11 is 0. The Morgan fingerprint density at radius 2 is 0.500 bits per heavy atom. The van der Waals surface area contributed by atoms with Crippen LogP contribution in [0, 0.1) is 38.6 Å². The molecule has 0 rings (SSSR count). The van der Waals surface area contributed by atoms with Crippen molar-refractivity contribution in [3.05, 3.63) is 0 Å². The first-order valence-corrected chi connectivity index (χ1v) is 0. The van der Waals surface area contributed by atoms with Crippen molar-refractivity contribution in [2.45, 2.75) is 0 Å². The molecule has 4 heteroatoms. The van der Waals surface area contributed by atoms with Crippen LogP contribution < -0.4 is 0 Å². The average Bonchev–Trinajstić information content (AvgIpc) is 0. The predicted molar refractivity (Wildman–Crippen MR) is 10.8 cm³/mol. The molecule has 0 amide bonds. The Labute approximate surface area is 54.7 Å². The maximum absolute atomic E-state index is 0. The first-order chi connectivity index (χ1) is 0. The van der Waals surface area contributed by atoms with Crippen LogP contribution in [0.1, 0.15) is 0 Å². The van der Waals surface area contributed by atoms with Gasteiger partial charge in [0.25, 0.3) is 0 Å². The van der Waals surface area contributed by atoms with E-state index in [9.17, 15) is 0 Å². The summed E-state index contributed by atoms with van der Waals surface area (Å²) in [6, 6.07) is 0. The van der Waals surface area contributed by atoms with Gasteiger partial charge in [0.1, 0.15) is 0 Å². The molecule has 0 saturated heterocycles. The van der Waals surface area contributed by atoms with Crippen molar-refractivity contribution < 1.29 is 55.0 Å². The summed E-state index contributed by atoms with van der Waals surface area (Å²) in [5, 5.41) is 0. The molecule has 0 atom stereocenters. The molecule has 0 heterocycles. The van der Waals surface area contributed by atoms with Gasteiger partial charge in [-0.3, -0.25) is 0 Å². The van der Waals surface area contributed by atoms with Gasteiger partial charge in [-0.2, -0.15) is 0 Å². The molecular formula is H6O3Tb. The van der Waals surface area contributed by atoms with Crippen molar-refractivity contribution in [1.29, 1.82) is 0 Å². The van der Waals surface area contributed by atoms with Crippen LogP contribution in [-0.2, 0) is 0 Å². The summed E-state index contributed by atoms with van der Waals surface area (Å²) in [6.45, 7) is 0. The molecular weight excluding hydrogens is 207 g/mol. The van der Waals surface area contributed by atoms with E-state index in [2.05, 4.69) is 0 Å². The zero-order valence-corrected chi connectivity index (χ0v) is 3.97. The number of hydrogen-bond donors (Lipinski definition) is 0. The smallest absolute Gasteiger partial charge is 0 e. The fraction of sp³-hybridized carbons (Fsp3) is 0. The topological polar surface area (TPSA) is 94.5 Å². The molecule has 0 bridgehead atoms. The van der Waals surface area contributed by atoms with Gasteiger partial charge in [-0.05, 0) is 0 Å². The van der Waals surface area contributed by atoms with E-state index in [1.54, 1.807) is 0 Å². The minimum absolute atomic E-state index is 0. The molecule has 0 unspecified atom stereocenters. The van der Waals surface area contributed by atoms with Gasteiger partial charge in [0, 0.05) is 38.6 Å². The van der Waals surface area contributed by atoms with Crippen LogP contribution in [0.4, 0.5) is 0 Å². The van der Waals surface area contributed by atoms with Crippen molar-refractivity contribution >= 4 is 0 Å². The van der Waals surface area contributed by atoms with Crippen LogP contribution in [0.25, 0.3) is 0 Å². The Hall–Kier alpha value is 1.17. The van der Waals surface area contributed by atoms with Crippen molar-refractivity contribution in [1.82, 2.24) is 0 Å². The van der Waals surface area contributed by atoms with Crippen molar-refractivity contribution in [2.75, 3.05) is 0 Å². The van der Waals surface area contributed by atoms with E-state index < -0.39 is 0 Å². The van der Waals surface area contributed by atoms with Gasteiger partial charge in [-0.1, -0.05) is 0 Å². The molecule has 0 spiro atoms. The minimum atomic E-state index is 0. The normalized spacial score (nSPS) is 0. The molecule has 3 nitrogen and oxygen atoms in total. The zero-order valence-electron chi connectivity index (χ0n) is 1.83. The van der Waals surface area contributed by atoms with E-state index in [1.807, 2.05) is 0 Å². The van der Waals surface area contributed by atoms with Gasteiger partial charge in [0.05, 0.1) is 0 Å². The van der Waals surface area contributed by atoms with Crippen LogP contribution in [0.15, 0.2) is 0 Å². The number of hydrogen-bond acceptors (Lipinski definition) is 0. The van der Waals surface area contributed by atoms with Gasteiger partial charge in [0.15, 0.2) is 0 Å². The standard InChI is InChI=1S/3H2O.Tb/h3*1H2;. The molecule has 0 aliphatic carbocycles. The maximum Gasteiger partial charge on any atom is 0 e. The molecule has 0 saturated carbocycles. The predicted octanol–water partition coefficient (Wildman–Crippen LogP) is -2.47. The molecule has 1 radical (unpaired) electrons. The molecule has 0 aromatic carbocycles. The van der Waals surface area contributed by atoms with E-state index in [0.29, 0.717) is 0 Å². The first kappa shape index (κ1) is 66.0. The molecule has 4 heavy (non-hydrogen) atoms. The molecule has 0 aliphatic heterocycles. The van der Waals surface area contributed by atoms with Crippen molar-refractivity contribution in [2.24, 2.45) is 0 Å². The summed E-state index contributed by atoms with van der Waals surface area (Å²) in [5.41, 5.74) is 0. The molecule has 0 fully saturated rings. The SMILES string of the molecule is O.O.O.[Tb]. The van der Waals surface area contributed by atoms with Gasteiger partial charge in [-0.25, -0.2) is 0 Å². The summed E-state index contributed by atoms with van der Waals surface area (Å²) < 4.78 is 0. The number of rotatable bonds is 0. The molecule has 33 valence electrons. The molecule has 0 aromatic rings. The summed E-state index contributed by atoms with van der Waals surface area (Å²) in [7, 11) is 0. The maximum atomic E-state index is 0. The summed E-state index contributed by atoms with van der Waals surface area (Å²) in [4.78, 5) is 0. The quantitative estimate of drug-likeness (QED) is 0.426. The van der Waals surface area contributed by atoms with Crippen LogP contribution in [0.5, 0.6) is 0 Å². The van der Waals surface area contributed by atoms with E-state index in [4.69, 9.17) is 0 Å². The molecule has 0 aromatic heterocycles. The van der Waals surface area contributed by atoms with E-state index in [0.717, 1.165) is 0 Å². The van der Waals surface area contributed by atoms with E-state index in [1.165, 1.54) is 0 Å². The third kappa shape index (κ3) is 10.9. The van der Waals surface area contributed by atoms with Crippen LogP contribution >= 0.6 is 0 Å². The zero-order chi connectivity index (χ0) is 0. The fourth-order valence-electron chi connectivity index (χ4n) is 0. The second kappa shape index (κ2) is 30.7. The largest absolute Gasteiger partial charge is 0.412 e. The fourth-order valence-corrected chi connectivity index (χ4v) is 0. The van der Waals surface area contributed by atoms with E-state index in [-0.39, 0.29) is 55.0 Å². The van der Waals surface area contributed by atoms with Gasteiger partial charge < -0.3 is 16.4 Å². The molecule has 6 N–H and O–H groups in total. The first-order valence-electron chi connectivity index (χ1n) is 0. The third-order valence-corrected chi connectivity index (χ3v) is 0. The molecule has 0 aliphatic rings. The van der Waals surface area contributed by atoms with Gasteiger partial charge in [-0.15, -0.1) is 0 Å². The van der Waals surface area contributed by atoms with Crippen LogP contribution in [-0.4, -0.2) is 16.4 Å². The van der Waals surface area contributed by atoms with Crippen molar-refractivity contribution in [3.63, 3.8) is 0 Å². The van der Waals surface area contributed by atoms with Crippen molar-refractivity contribution in [3.8, 4) is 0 Å². The second-order valence-corrected chi connectivity index (χ2v) is 0. The van der Waals surface area contributed by atoms with Gasteiger partial charge in [0.2, 0.25) is 0 Å². The second-order valence-electron chi connectivity index (χ2n) is 0. The summed E-state index contributed by atoms with van der Waals surface area (Å²) in [5.74, 6) is 0. The summed E-state index contributed by atoms with van der Waals surface area (Å²) in [6.07, 6.45) is 0. The monoisotopic (exact) mass is 213 g/mol. The Morgan fingerprint density at radius 1 is 0.500 bits per heavy atom. The van der Waals surface area contributed by atoms with E-state index >= 15 is 0 Å². The Bertz CT molecular complexity index is 3.25. The Kier molecular flexibility index (Phi) is 507. The average molecular weight is 213 g/mol. The van der Waals surface area contributed by atoms with Gasteiger partial charge >= 0.3 is 0 Å². The minimum Gasteiger partial charge on any atom is -0.412 e.